The molecule has 0 spiro atoms. The molecule has 2 aliphatic rings. The van der Waals surface area contributed by atoms with Gasteiger partial charge in [-0.15, -0.1) is 0 Å². The van der Waals surface area contributed by atoms with Crippen molar-refractivity contribution in [1.82, 2.24) is 10.2 Å². The van der Waals surface area contributed by atoms with Gasteiger partial charge in [-0.25, -0.2) is 0 Å². The molecule has 2 aromatic carbocycles. The number of halogens is 1. The van der Waals surface area contributed by atoms with E-state index in [1.807, 2.05) is 46.1 Å². The van der Waals surface area contributed by atoms with Gasteiger partial charge in [0.2, 0.25) is 5.91 Å². The van der Waals surface area contributed by atoms with Gasteiger partial charge in [0.25, 0.3) is 0 Å². The molecule has 1 fully saturated rings. The number of ether oxygens (including phenoxy) is 2. The number of nitrogens with zero attached hydrogens (tertiary/aromatic N) is 2. The Bertz CT molecular complexity index is 1280. The van der Waals surface area contributed by atoms with Gasteiger partial charge in [0.1, 0.15) is 18.1 Å². The molecule has 4 rings (SSSR count). The van der Waals surface area contributed by atoms with E-state index >= 15 is 0 Å². The minimum absolute atomic E-state index is 0.0605. The van der Waals surface area contributed by atoms with Crippen LogP contribution in [-0.4, -0.2) is 63.8 Å². The number of hydrogen-bond acceptors (Lipinski definition) is 8. The molecule has 2 heterocycles. The Balaban J connectivity index is 1.56. The zero-order valence-electron chi connectivity index (χ0n) is 25.5. The van der Waals surface area contributed by atoms with Crippen LogP contribution in [0.15, 0.2) is 28.7 Å². The van der Waals surface area contributed by atoms with Crippen LogP contribution in [0.2, 0.25) is 0 Å². The van der Waals surface area contributed by atoms with Crippen molar-refractivity contribution in [2.75, 3.05) is 62.9 Å². The third-order valence-electron chi connectivity index (χ3n) is 8.07. The second kappa shape index (κ2) is 14.9. The molecule has 0 radical (unpaired) electrons. The summed E-state index contributed by atoms with van der Waals surface area (Å²) in [6, 6.07) is 10.4. The predicted molar refractivity (Wildman–Crippen MR) is 173 cm³/mol. The van der Waals surface area contributed by atoms with Crippen LogP contribution in [0.25, 0.3) is 0 Å². The molecule has 4 N–H and O–H groups in total. The normalized spacial score (nSPS) is 21.6. The number of amides is 1. The average Bonchev–Trinajstić information content (AvgIpc) is 2.95. The molecule has 0 bridgehead atoms. The Morgan fingerprint density at radius 2 is 2.00 bits per heavy atom. The second-order valence-electron chi connectivity index (χ2n) is 11.7. The van der Waals surface area contributed by atoms with Gasteiger partial charge in [0, 0.05) is 46.5 Å². The third-order valence-corrected chi connectivity index (χ3v) is 8.73. The molecule has 1 saturated heterocycles. The van der Waals surface area contributed by atoms with Crippen LogP contribution in [-0.2, 0) is 4.79 Å². The van der Waals surface area contributed by atoms with Gasteiger partial charge in [0.05, 0.1) is 30.3 Å². The van der Waals surface area contributed by atoms with Crippen molar-refractivity contribution < 1.29 is 14.3 Å². The van der Waals surface area contributed by atoms with E-state index in [1.165, 1.54) is 12.8 Å². The fraction of sp³-hybridized carbons (Fsp3) is 0.562. The topological polar surface area (TPSA) is 111 Å². The number of carbonyl (C=O) groups excluding carboxylic acids is 1. The lowest BCUT2D eigenvalue weighted by atomic mass is 9.88. The number of benzene rings is 2. The van der Waals surface area contributed by atoms with Crippen LogP contribution in [0.5, 0.6) is 11.5 Å². The van der Waals surface area contributed by atoms with Crippen LogP contribution < -0.4 is 30.7 Å². The Labute approximate surface area is 258 Å². The molecular formula is C32H45BrN6O3. The first-order valence-corrected chi connectivity index (χ1v) is 15.8. The molecule has 0 aromatic heterocycles. The van der Waals surface area contributed by atoms with Crippen molar-refractivity contribution in [2.24, 2.45) is 11.8 Å². The lowest BCUT2D eigenvalue weighted by Gasteiger charge is -2.33. The molecule has 228 valence electrons. The summed E-state index contributed by atoms with van der Waals surface area (Å²) in [7, 11) is 3.99. The summed E-state index contributed by atoms with van der Waals surface area (Å²) in [6.45, 7) is 9.71. The van der Waals surface area contributed by atoms with Crippen molar-refractivity contribution in [3.8, 4) is 17.6 Å². The molecule has 1 amide bonds. The highest BCUT2D eigenvalue weighted by molar-refractivity contribution is 9.10. The van der Waals surface area contributed by atoms with Crippen LogP contribution in [0.3, 0.4) is 0 Å². The van der Waals surface area contributed by atoms with Gasteiger partial charge in [-0.1, -0.05) is 6.92 Å². The third kappa shape index (κ3) is 8.09. The number of nitrogens with one attached hydrogen (secondary N) is 4. The maximum absolute atomic E-state index is 12.8. The summed E-state index contributed by atoms with van der Waals surface area (Å²) >= 11 is 3.74. The highest BCUT2D eigenvalue weighted by atomic mass is 79.9. The van der Waals surface area contributed by atoms with E-state index < -0.39 is 0 Å². The van der Waals surface area contributed by atoms with Gasteiger partial charge in [-0.3, -0.25) is 4.79 Å². The fourth-order valence-corrected chi connectivity index (χ4v) is 6.05. The van der Waals surface area contributed by atoms with Crippen molar-refractivity contribution in [2.45, 2.75) is 58.5 Å². The molecule has 4 unspecified atom stereocenters. The highest BCUT2D eigenvalue weighted by Gasteiger charge is 2.32. The summed E-state index contributed by atoms with van der Waals surface area (Å²) in [4.78, 5) is 14.9. The minimum atomic E-state index is -0.332. The quantitative estimate of drug-likeness (QED) is 0.226. The van der Waals surface area contributed by atoms with Gasteiger partial charge < -0.3 is 35.6 Å². The fourth-order valence-electron chi connectivity index (χ4n) is 5.61. The Morgan fingerprint density at radius 3 is 2.71 bits per heavy atom. The van der Waals surface area contributed by atoms with E-state index in [0.717, 1.165) is 52.2 Å². The first-order valence-electron chi connectivity index (χ1n) is 15.0. The number of anilines is 3. The average molecular weight is 642 g/mol. The second-order valence-corrected chi connectivity index (χ2v) is 12.5. The van der Waals surface area contributed by atoms with Crippen molar-refractivity contribution >= 4 is 38.9 Å². The summed E-state index contributed by atoms with van der Waals surface area (Å²) in [5.74, 6) is 1.65. The smallest absolute Gasteiger partial charge is 0.224 e. The number of fused-ring (bicyclic) bond motifs is 1. The molecule has 4 atom stereocenters. The Hall–Kier alpha value is -3.00. The lowest BCUT2D eigenvalue weighted by molar-refractivity contribution is -0.116. The number of nitriles is 1. The van der Waals surface area contributed by atoms with Gasteiger partial charge >= 0.3 is 0 Å². The molecule has 9 nitrogen and oxygen atoms in total. The molecule has 2 aliphatic heterocycles. The first-order chi connectivity index (χ1) is 20.2. The zero-order chi connectivity index (χ0) is 30.2. The van der Waals surface area contributed by atoms with E-state index in [-0.39, 0.29) is 17.9 Å². The van der Waals surface area contributed by atoms with Crippen LogP contribution >= 0.6 is 15.9 Å². The summed E-state index contributed by atoms with van der Waals surface area (Å²) in [5, 5.41) is 23.7. The van der Waals surface area contributed by atoms with E-state index in [0.29, 0.717) is 49.6 Å². The SMILES string of the molecule is CCOc1cc2c(cc1NC(=O)CCCN(C)C)C(Nc1cc(C)c(OCC3NCCCC3C)cc1Br)C(C#N)CN2. The predicted octanol–water partition coefficient (Wildman–Crippen LogP) is 5.92. The Kier molecular flexibility index (Phi) is 11.4. The number of aryl methyl sites for hydroxylation is 1. The molecule has 42 heavy (non-hydrogen) atoms. The van der Waals surface area contributed by atoms with Crippen LogP contribution in [0.1, 0.15) is 56.7 Å². The summed E-state index contributed by atoms with van der Waals surface area (Å²) < 4.78 is 13.0. The van der Waals surface area contributed by atoms with E-state index in [1.54, 1.807) is 0 Å². The summed E-state index contributed by atoms with van der Waals surface area (Å²) in [6.07, 6.45) is 3.61. The standard InChI is InChI=1S/C32H45BrN6O3/c1-6-41-30-16-25-23(14-27(30)37-31(40)10-8-12-39(4)5)32(22(17-34)18-36-25)38-26-13-21(3)29(15-24(26)33)42-19-28-20(2)9-7-11-35-28/h13-16,20,22,28,32,35-36,38H,6-12,18-19H2,1-5H3,(H,37,40). The van der Waals surface area contributed by atoms with Crippen molar-refractivity contribution in [3.63, 3.8) is 0 Å². The molecule has 10 heteroatoms. The number of piperidine rings is 1. The molecule has 2 aromatic rings. The summed E-state index contributed by atoms with van der Waals surface area (Å²) in [5.41, 5.74) is 4.30. The van der Waals surface area contributed by atoms with Crippen molar-refractivity contribution in [3.05, 3.63) is 39.9 Å². The van der Waals surface area contributed by atoms with E-state index in [9.17, 15) is 10.1 Å². The number of carbonyl (C=O) groups is 1. The van der Waals surface area contributed by atoms with Crippen molar-refractivity contribution in [1.29, 1.82) is 5.26 Å². The molecule has 0 aliphatic carbocycles. The van der Waals surface area contributed by atoms with Gasteiger partial charge in [-0.2, -0.15) is 5.26 Å². The van der Waals surface area contributed by atoms with E-state index in [4.69, 9.17) is 9.47 Å². The minimum Gasteiger partial charge on any atom is -0.492 e. The number of hydrogen-bond donors (Lipinski definition) is 4. The lowest BCUT2D eigenvalue weighted by Crippen LogP contribution is -2.44. The van der Waals surface area contributed by atoms with Gasteiger partial charge in [0.15, 0.2) is 0 Å². The highest BCUT2D eigenvalue weighted by Crippen LogP contribution is 2.43. The largest absolute Gasteiger partial charge is 0.492 e. The van der Waals surface area contributed by atoms with Gasteiger partial charge in [-0.05, 0) is 106 Å². The maximum atomic E-state index is 12.8. The van der Waals surface area contributed by atoms with E-state index in [2.05, 4.69) is 61.2 Å². The van der Waals surface area contributed by atoms with Crippen LogP contribution in [0.4, 0.5) is 17.1 Å². The van der Waals surface area contributed by atoms with Crippen LogP contribution in [0, 0.1) is 30.1 Å². The Morgan fingerprint density at radius 1 is 1.19 bits per heavy atom. The monoisotopic (exact) mass is 640 g/mol. The molecule has 0 saturated carbocycles. The zero-order valence-corrected chi connectivity index (χ0v) is 27.1. The maximum Gasteiger partial charge on any atom is 0.224 e. The molecular weight excluding hydrogens is 596 g/mol. The number of rotatable bonds is 12. The first kappa shape index (κ1) is 31.9.